The van der Waals surface area contributed by atoms with E-state index in [1.165, 1.54) is 0 Å². The van der Waals surface area contributed by atoms with Crippen LogP contribution >= 0.6 is 0 Å². The first-order chi connectivity index (χ1) is 6.93. The number of hydrogen-bond acceptors (Lipinski definition) is 3. The number of Topliss-reactive ketones (excluding diaryl/α,β-unsaturated/α-hetero) is 1. The summed E-state index contributed by atoms with van der Waals surface area (Å²) < 4.78 is 23.8. The first-order valence-corrected chi connectivity index (χ1v) is 6.45. The van der Waals surface area contributed by atoms with Gasteiger partial charge in [-0.25, -0.2) is 8.42 Å². The molecule has 1 aromatic carbocycles. The highest BCUT2D eigenvalue weighted by molar-refractivity contribution is 7.91. The van der Waals surface area contributed by atoms with Gasteiger partial charge in [0.2, 0.25) is 0 Å². The molecule has 2 rings (SSSR count). The van der Waals surface area contributed by atoms with E-state index >= 15 is 0 Å². The van der Waals surface area contributed by atoms with Gasteiger partial charge in [0.05, 0.1) is 10.6 Å². The average Bonchev–Trinajstić information content (AvgIpc) is 2.13. The van der Waals surface area contributed by atoms with Crippen molar-refractivity contribution in [3.8, 4) is 0 Å². The smallest absolute Gasteiger partial charge is 0.180 e. The summed E-state index contributed by atoms with van der Waals surface area (Å²) in [6.45, 7) is 3.38. The van der Waals surface area contributed by atoms with Crippen molar-refractivity contribution < 1.29 is 13.2 Å². The molecular formula is C11H12O3S. The van der Waals surface area contributed by atoms with Crippen LogP contribution in [0.2, 0.25) is 0 Å². The molecule has 0 saturated carbocycles. The fraction of sp³-hybridized carbons (Fsp3) is 0.364. The van der Waals surface area contributed by atoms with Crippen LogP contribution in [0.15, 0.2) is 23.1 Å². The van der Waals surface area contributed by atoms with Crippen LogP contribution in [0, 0.1) is 12.8 Å². The Labute approximate surface area is 89.0 Å². The van der Waals surface area contributed by atoms with Gasteiger partial charge in [-0.15, -0.1) is 0 Å². The van der Waals surface area contributed by atoms with Gasteiger partial charge in [-0.3, -0.25) is 4.79 Å². The molecule has 0 fully saturated rings. The quantitative estimate of drug-likeness (QED) is 0.672. The summed E-state index contributed by atoms with van der Waals surface area (Å²) in [6, 6.07) is 5.04. The fourth-order valence-electron chi connectivity index (χ4n) is 2.01. The number of carbonyl (C=O) groups excluding carboxylic acids is 1. The van der Waals surface area contributed by atoms with Gasteiger partial charge in [0.25, 0.3) is 0 Å². The number of carbonyl (C=O) groups is 1. The third-order valence-electron chi connectivity index (χ3n) is 2.71. The molecule has 1 aromatic rings. The van der Waals surface area contributed by atoms with Crippen LogP contribution in [-0.2, 0) is 9.84 Å². The van der Waals surface area contributed by atoms with Gasteiger partial charge in [-0.1, -0.05) is 25.1 Å². The number of fused-ring (bicyclic) bond motifs is 1. The predicted molar refractivity (Wildman–Crippen MR) is 56.7 cm³/mol. The van der Waals surface area contributed by atoms with Gasteiger partial charge in [0, 0.05) is 11.5 Å². The Hall–Kier alpha value is -1.16. The number of sulfone groups is 1. The molecule has 0 radical (unpaired) electrons. The molecule has 3 nitrogen and oxygen atoms in total. The highest BCUT2D eigenvalue weighted by atomic mass is 32.2. The van der Waals surface area contributed by atoms with E-state index in [0.717, 1.165) is 0 Å². The second kappa shape index (κ2) is 3.17. The number of benzene rings is 1. The van der Waals surface area contributed by atoms with Crippen molar-refractivity contribution in [1.29, 1.82) is 0 Å². The molecule has 0 amide bonds. The highest BCUT2D eigenvalue weighted by Gasteiger charge is 2.35. The van der Waals surface area contributed by atoms with Crippen molar-refractivity contribution in [2.75, 3.05) is 5.75 Å². The van der Waals surface area contributed by atoms with Crippen molar-refractivity contribution >= 4 is 15.6 Å². The maximum absolute atomic E-state index is 11.9. The number of aryl methyl sites for hydroxylation is 1. The van der Waals surface area contributed by atoms with Crippen molar-refractivity contribution in [2.45, 2.75) is 18.7 Å². The first-order valence-electron chi connectivity index (χ1n) is 4.80. The summed E-state index contributed by atoms with van der Waals surface area (Å²) in [5.41, 5.74) is 1.02. The average molecular weight is 224 g/mol. The van der Waals surface area contributed by atoms with E-state index in [1.807, 2.05) is 0 Å². The molecule has 0 bridgehead atoms. The molecule has 1 atom stereocenters. The zero-order valence-corrected chi connectivity index (χ0v) is 9.47. The third-order valence-corrected chi connectivity index (χ3v) is 4.81. The minimum atomic E-state index is -3.28. The lowest BCUT2D eigenvalue weighted by Gasteiger charge is -2.21. The minimum absolute atomic E-state index is 0.0658. The van der Waals surface area contributed by atoms with Crippen LogP contribution in [-0.4, -0.2) is 20.0 Å². The fourth-order valence-corrected chi connectivity index (χ4v) is 4.05. The summed E-state index contributed by atoms with van der Waals surface area (Å²) in [6.07, 6.45) is 0. The van der Waals surface area contributed by atoms with Crippen molar-refractivity contribution in [3.05, 3.63) is 29.3 Å². The molecule has 80 valence electrons. The van der Waals surface area contributed by atoms with E-state index in [4.69, 9.17) is 0 Å². The zero-order chi connectivity index (χ0) is 11.2. The lowest BCUT2D eigenvalue weighted by Crippen LogP contribution is -2.30. The van der Waals surface area contributed by atoms with Gasteiger partial charge < -0.3 is 0 Å². The van der Waals surface area contributed by atoms with E-state index in [-0.39, 0.29) is 16.4 Å². The Bertz CT molecular complexity index is 529. The number of rotatable bonds is 0. The Morgan fingerprint density at radius 3 is 2.67 bits per heavy atom. The standard InChI is InChI=1S/C11H12O3S/c1-7-4-3-5-9-10(12)8(2)6-15(13,14)11(7)9/h3-5,8H,6H2,1-2H3. The van der Waals surface area contributed by atoms with Gasteiger partial charge in [-0.2, -0.15) is 0 Å². The zero-order valence-electron chi connectivity index (χ0n) is 8.65. The molecule has 1 aliphatic heterocycles. The lowest BCUT2D eigenvalue weighted by molar-refractivity contribution is 0.0933. The van der Waals surface area contributed by atoms with E-state index in [0.29, 0.717) is 11.1 Å². The van der Waals surface area contributed by atoms with Gasteiger partial charge in [0.1, 0.15) is 0 Å². The molecule has 0 aliphatic carbocycles. The van der Waals surface area contributed by atoms with Crippen LogP contribution < -0.4 is 0 Å². The second-order valence-corrected chi connectivity index (χ2v) is 5.97. The Balaban J connectivity index is 2.82. The molecule has 1 aliphatic rings. The highest BCUT2D eigenvalue weighted by Crippen LogP contribution is 2.30. The molecular weight excluding hydrogens is 212 g/mol. The molecule has 0 aromatic heterocycles. The van der Waals surface area contributed by atoms with Crippen molar-refractivity contribution in [1.82, 2.24) is 0 Å². The van der Waals surface area contributed by atoms with E-state index in [2.05, 4.69) is 0 Å². The van der Waals surface area contributed by atoms with Crippen LogP contribution in [0.5, 0.6) is 0 Å². The van der Waals surface area contributed by atoms with Gasteiger partial charge in [-0.05, 0) is 12.5 Å². The maximum Gasteiger partial charge on any atom is 0.180 e. The summed E-state index contributed by atoms with van der Waals surface area (Å²) in [4.78, 5) is 12.0. The van der Waals surface area contributed by atoms with E-state index in [1.54, 1.807) is 32.0 Å². The number of hydrogen-bond donors (Lipinski definition) is 0. The first kappa shape index (κ1) is 10.4. The molecule has 1 unspecified atom stereocenters. The van der Waals surface area contributed by atoms with Crippen LogP contribution in [0.4, 0.5) is 0 Å². The molecule has 0 spiro atoms. The molecule has 4 heteroatoms. The molecule has 0 saturated heterocycles. The Morgan fingerprint density at radius 1 is 1.33 bits per heavy atom. The normalized spacial score (nSPS) is 23.6. The van der Waals surface area contributed by atoms with Gasteiger partial charge in [0.15, 0.2) is 15.6 Å². The largest absolute Gasteiger partial charge is 0.294 e. The molecule has 0 N–H and O–H groups in total. The Morgan fingerprint density at radius 2 is 2.00 bits per heavy atom. The summed E-state index contributed by atoms with van der Waals surface area (Å²) >= 11 is 0. The topological polar surface area (TPSA) is 51.2 Å². The molecule has 1 heterocycles. The van der Waals surface area contributed by atoms with Crippen LogP contribution in [0.1, 0.15) is 22.8 Å². The van der Waals surface area contributed by atoms with Crippen LogP contribution in [0.3, 0.4) is 0 Å². The lowest BCUT2D eigenvalue weighted by atomic mass is 9.99. The maximum atomic E-state index is 11.9. The third kappa shape index (κ3) is 1.49. The minimum Gasteiger partial charge on any atom is -0.294 e. The van der Waals surface area contributed by atoms with E-state index in [9.17, 15) is 13.2 Å². The van der Waals surface area contributed by atoms with Crippen molar-refractivity contribution in [3.63, 3.8) is 0 Å². The number of ketones is 1. The SMILES string of the molecule is Cc1cccc2c1S(=O)(=O)CC(C)C2=O. The van der Waals surface area contributed by atoms with Crippen molar-refractivity contribution in [2.24, 2.45) is 5.92 Å². The van der Waals surface area contributed by atoms with Gasteiger partial charge >= 0.3 is 0 Å². The second-order valence-electron chi connectivity index (χ2n) is 4.00. The monoisotopic (exact) mass is 224 g/mol. The Kier molecular flexibility index (Phi) is 2.19. The summed E-state index contributed by atoms with van der Waals surface area (Å²) in [5.74, 6) is -0.559. The molecule has 15 heavy (non-hydrogen) atoms. The van der Waals surface area contributed by atoms with E-state index < -0.39 is 15.8 Å². The van der Waals surface area contributed by atoms with Crippen LogP contribution in [0.25, 0.3) is 0 Å². The summed E-state index contributed by atoms with van der Waals surface area (Å²) in [7, 11) is -3.28. The predicted octanol–water partition coefficient (Wildman–Crippen LogP) is 1.60. The summed E-state index contributed by atoms with van der Waals surface area (Å²) in [5, 5.41) is 0.